The van der Waals surface area contributed by atoms with Gasteiger partial charge in [-0.2, -0.15) is 0 Å². The number of oxazole rings is 1. The Kier molecular flexibility index (Phi) is 3.30. The predicted octanol–water partition coefficient (Wildman–Crippen LogP) is 0.816. The van der Waals surface area contributed by atoms with Gasteiger partial charge in [0.25, 0.3) is 0 Å². The summed E-state index contributed by atoms with van der Waals surface area (Å²) in [5, 5.41) is -0.456. The predicted molar refractivity (Wildman–Crippen MR) is 59.6 cm³/mol. The summed E-state index contributed by atoms with van der Waals surface area (Å²) < 4.78 is 28.6. The second-order valence-electron chi connectivity index (χ2n) is 4.06. The average Bonchev–Trinajstić information content (AvgIpc) is 2.81. The molecule has 1 atom stereocenters. The van der Waals surface area contributed by atoms with Crippen LogP contribution in [0.1, 0.15) is 36.1 Å². The van der Waals surface area contributed by atoms with Gasteiger partial charge in [0, 0.05) is 6.42 Å². The number of sulfone groups is 1. The minimum Gasteiger partial charge on any atom is -0.449 e. The van der Waals surface area contributed by atoms with E-state index in [1.807, 2.05) is 0 Å². The van der Waals surface area contributed by atoms with Gasteiger partial charge in [-0.15, -0.1) is 0 Å². The molecule has 2 heterocycles. The smallest absolute Gasteiger partial charge is 0.194 e. The van der Waals surface area contributed by atoms with E-state index in [0.717, 1.165) is 12.8 Å². The molecule has 2 rings (SSSR count). The monoisotopic (exact) mass is 244 g/mol. The molecule has 16 heavy (non-hydrogen) atoms. The Hall–Kier alpha value is -0.880. The maximum Gasteiger partial charge on any atom is 0.194 e. The fourth-order valence-electron chi connectivity index (χ4n) is 1.96. The van der Waals surface area contributed by atoms with Crippen molar-refractivity contribution in [2.75, 3.05) is 12.3 Å². The Labute approximate surface area is 95.0 Å². The summed E-state index contributed by atoms with van der Waals surface area (Å²) in [6, 6.07) is 0. The highest BCUT2D eigenvalue weighted by atomic mass is 32.2. The van der Waals surface area contributed by atoms with Crippen molar-refractivity contribution in [2.45, 2.75) is 30.9 Å². The molecule has 0 radical (unpaired) electrons. The molecule has 1 aliphatic rings. The number of nitrogens with two attached hydrogens (primary N) is 1. The zero-order valence-corrected chi connectivity index (χ0v) is 9.87. The molecule has 1 fully saturated rings. The molecule has 1 saturated heterocycles. The number of nitrogens with zero attached hydrogens (tertiary/aromatic N) is 1. The minimum atomic E-state index is -2.99. The van der Waals surface area contributed by atoms with Gasteiger partial charge in [0.2, 0.25) is 0 Å². The molecule has 0 saturated carbocycles. The number of rotatable bonds is 4. The van der Waals surface area contributed by atoms with E-state index in [4.69, 9.17) is 10.2 Å². The van der Waals surface area contributed by atoms with E-state index in [1.54, 1.807) is 0 Å². The Balaban J connectivity index is 2.13. The molecular weight excluding hydrogens is 228 g/mol. The van der Waals surface area contributed by atoms with Crippen LogP contribution in [0.2, 0.25) is 0 Å². The Bertz CT molecular complexity index is 452. The van der Waals surface area contributed by atoms with Gasteiger partial charge in [-0.25, -0.2) is 13.4 Å². The molecule has 0 bridgehead atoms. The van der Waals surface area contributed by atoms with Gasteiger partial charge in [0.15, 0.2) is 15.7 Å². The fourth-order valence-corrected chi connectivity index (χ4v) is 3.82. The van der Waals surface area contributed by atoms with Crippen LogP contribution in [0, 0.1) is 0 Å². The van der Waals surface area contributed by atoms with Crippen molar-refractivity contribution in [3.8, 4) is 0 Å². The van der Waals surface area contributed by atoms with Crippen molar-refractivity contribution in [2.24, 2.45) is 5.73 Å². The Morgan fingerprint density at radius 1 is 1.56 bits per heavy atom. The first kappa shape index (κ1) is 11.6. The molecule has 1 unspecified atom stereocenters. The van der Waals surface area contributed by atoms with Crippen LogP contribution >= 0.6 is 0 Å². The van der Waals surface area contributed by atoms with E-state index in [1.165, 1.54) is 6.26 Å². The third kappa shape index (κ3) is 2.27. The molecule has 0 amide bonds. The number of aryl methyl sites for hydroxylation is 1. The third-order valence-electron chi connectivity index (χ3n) is 2.82. The summed E-state index contributed by atoms with van der Waals surface area (Å²) >= 11 is 0. The van der Waals surface area contributed by atoms with Gasteiger partial charge in [-0.3, -0.25) is 0 Å². The summed E-state index contributed by atoms with van der Waals surface area (Å²) in [7, 11) is -2.99. The van der Waals surface area contributed by atoms with Crippen molar-refractivity contribution in [1.82, 2.24) is 4.98 Å². The van der Waals surface area contributed by atoms with Gasteiger partial charge < -0.3 is 10.2 Å². The first-order chi connectivity index (χ1) is 7.63. The Morgan fingerprint density at radius 2 is 2.38 bits per heavy atom. The SMILES string of the molecule is NCCCc1nc(C2CCCS2(=O)=O)co1. The number of aromatic nitrogens is 1. The van der Waals surface area contributed by atoms with Crippen molar-refractivity contribution in [1.29, 1.82) is 0 Å². The molecule has 2 N–H and O–H groups in total. The van der Waals surface area contributed by atoms with Gasteiger partial charge in [-0.05, 0) is 25.8 Å². The number of hydrogen-bond donors (Lipinski definition) is 1. The first-order valence-corrected chi connectivity index (χ1v) is 7.21. The average molecular weight is 244 g/mol. The van der Waals surface area contributed by atoms with Crippen molar-refractivity contribution in [3.63, 3.8) is 0 Å². The second-order valence-corrected chi connectivity index (χ2v) is 6.36. The molecular formula is C10H16N2O3S. The lowest BCUT2D eigenvalue weighted by molar-refractivity contribution is 0.488. The maximum absolute atomic E-state index is 11.7. The van der Waals surface area contributed by atoms with Crippen molar-refractivity contribution < 1.29 is 12.8 Å². The zero-order chi connectivity index (χ0) is 11.6. The van der Waals surface area contributed by atoms with E-state index < -0.39 is 15.1 Å². The van der Waals surface area contributed by atoms with Crippen LogP contribution < -0.4 is 5.73 Å². The van der Waals surface area contributed by atoms with Crippen LogP contribution in [0.25, 0.3) is 0 Å². The zero-order valence-electron chi connectivity index (χ0n) is 9.05. The molecule has 1 aliphatic heterocycles. The van der Waals surface area contributed by atoms with Crippen LogP contribution in [0.5, 0.6) is 0 Å². The standard InChI is InChI=1S/C10H16N2O3S/c11-5-1-4-10-12-8(7-15-10)9-3-2-6-16(9,13)14/h7,9H,1-6,11H2. The molecule has 0 spiro atoms. The molecule has 1 aromatic heterocycles. The topological polar surface area (TPSA) is 86.2 Å². The van der Waals surface area contributed by atoms with E-state index in [9.17, 15) is 8.42 Å². The Morgan fingerprint density at radius 3 is 3.00 bits per heavy atom. The third-order valence-corrected chi connectivity index (χ3v) is 5.02. The highest BCUT2D eigenvalue weighted by Gasteiger charge is 2.34. The lowest BCUT2D eigenvalue weighted by Gasteiger charge is -2.03. The van der Waals surface area contributed by atoms with Crippen LogP contribution in [-0.2, 0) is 16.3 Å². The summed E-state index contributed by atoms with van der Waals surface area (Å²) in [5.74, 6) is 0.852. The normalized spacial score (nSPS) is 23.7. The van der Waals surface area contributed by atoms with Gasteiger partial charge in [-0.1, -0.05) is 0 Å². The van der Waals surface area contributed by atoms with E-state index in [-0.39, 0.29) is 5.75 Å². The van der Waals surface area contributed by atoms with Gasteiger partial charge in [0.1, 0.15) is 11.5 Å². The largest absolute Gasteiger partial charge is 0.449 e. The van der Waals surface area contributed by atoms with Gasteiger partial charge in [0.05, 0.1) is 11.4 Å². The minimum absolute atomic E-state index is 0.267. The molecule has 0 aliphatic carbocycles. The highest BCUT2D eigenvalue weighted by Crippen LogP contribution is 2.33. The van der Waals surface area contributed by atoms with E-state index in [0.29, 0.717) is 31.0 Å². The highest BCUT2D eigenvalue weighted by molar-refractivity contribution is 7.91. The van der Waals surface area contributed by atoms with E-state index >= 15 is 0 Å². The van der Waals surface area contributed by atoms with Crippen molar-refractivity contribution in [3.05, 3.63) is 17.8 Å². The van der Waals surface area contributed by atoms with Gasteiger partial charge >= 0.3 is 0 Å². The summed E-state index contributed by atoms with van der Waals surface area (Å²) in [5.41, 5.74) is 5.94. The molecule has 90 valence electrons. The van der Waals surface area contributed by atoms with Crippen molar-refractivity contribution >= 4 is 9.84 Å². The summed E-state index contributed by atoms with van der Waals surface area (Å²) in [4.78, 5) is 4.22. The summed E-state index contributed by atoms with van der Waals surface area (Å²) in [6.07, 6.45) is 4.32. The molecule has 6 heteroatoms. The lowest BCUT2D eigenvalue weighted by Crippen LogP contribution is -2.08. The first-order valence-electron chi connectivity index (χ1n) is 5.49. The maximum atomic E-state index is 11.7. The second kappa shape index (κ2) is 4.55. The fraction of sp³-hybridized carbons (Fsp3) is 0.700. The van der Waals surface area contributed by atoms with Crippen LogP contribution in [-0.4, -0.2) is 25.7 Å². The van der Waals surface area contributed by atoms with Crippen LogP contribution in [0.3, 0.4) is 0 Å². The summed E-state index contributed by atoms with van der Waals surface area (Å²) in [6.45, 7) is 0.583. The molecule has 0 aromatic carbocycles. The van der Waals surface area contributed by atoms with Crippen LogP contribution in [0.15, 0.2) is 10.7 Å². The molecule has 5 nitrogen and oxygen atoms in total. The lowest BCUT2D eigenvalue weighted by atomic mass is 10.2. The quantitative estimate of drug-likeness (QED) is 0.847. The molecule has 1 aromatic rings. The van der Waals surface area contributed by atoms with E-state index in [2.05, 4.69) is 4.98 Å². The van der Waals surface area contributed by atoms with Crippen LogP contribution in [0.4, 0.5) is 0 Å². The number of hydrogen-bond acceptors (Lipinski definition) is 5.